The zero-order valence-electron chi connectivity index (χ0n) is 9.86. The van der Waals surface area contributed by atoms with Crippen molar-refractivity contribution in [3.05, 3.63) is 21.9 Å². The van der Waals surface area contributed by atoms with Gasteiger partial charge in [-0.05, 0) is 31.9 Å². The smallest absolute Gasteiger partial charge is 0.0533 e. The minimum atomic E-state index is -0.657. The van der Waals surface area contributed by atoms with E-state index in [1.54, 1.807) is 0 Å². The molecule has 0 amide bonds. The van der Waals surface area contributed by atoms with Crippen molar-refractivity contribution in [2.75, 3.05) is 11.5 Å². The molecule has 0 spiro atoms. The Balaban J connectivity index is 2.14. The Kier molecular flexibility index (Phi) is 4.16. The first-order chi connectivity index (χ1) is 7.69. The molecule has 4 heteroatoms. The molecule has 0 aliphatic carbocycles. The van der Waals surface area contributed by atoms with Gasteiger partial charge in [-0.1, -0.05) is 6.92 Å². The highest BCUT2D eigenvalue weighted by Crippen LogP contribution is 2.26. The van der Waals surface area contributed by atoms with Crippen molar-refractivity contribution in [3.8, 4) is 0 Å². The number of nitrogens with one attached hydrogen (secondary N) is 1. The third-order valence-electron chi connectivity index (χ3n) is 2.99. The van der Waals surface area contributed by atoms with E-state index in [2.05, 4.69) is 31.3 Å². The van der Waals surface area contributed by atoms with Crippen molar-refractivity contribution in [1.29, 1.82) is 0 Å². The third-order valence-corrected chi connectivity index (χ3v) is 5.73. The monoisotopic (exact) mass is 257 g/mol. The Morgan fingerprint density at radius 2 is 2.38 bits per heavy atom. The number of hydrogen-bond acceptors (Lipinski definition) is 3. The molecule has 0 bridgehead atoms. The van der Waals surface area contributed by atoms with Crippen LogP contribution in [-0.2, 0) is 17.2 Å². The lowest BCUT2D eigenvalue weighted by atomic mass is 10.2. The maximum Gasteiger partial charge on any atom is 0.0533 e. The maximum atomic E-state index is 11.8. The fourth-order valence-electron chi connectivity index (χ4n) is 1.99. The number of hydrogen-bond donors (Lipinski definition) is 1. The number of aryl methyl sites for hydroxylation is 1. The van der Waals surface area contributed by atoms with Gasteiger partial charge in [-0.3, -0.25) is 4.21 Å². The Bertz CT molecular complexity index is 375. The van der Waals surface area contributed by atoms with Crippen molar-refractivity contribution in [2.24, 2.45) is 0 Å². The van der Waals surface area contributed by atoms with E-state index in [-0.39, 0.29) is 0 Å². The van der Waals surface area contributed by atoms with Gasteiger partial charge in [0, 0.05) is 38.1 Å². The predicted octanol–water partition coefficient (Wildman–Crippen LogP) is 2.48. The lowest BCUT2D eigenvalue weighted by Crippen LogP contribution is -2.30. The van der Waals surface area contributed by atoms with Gasteiger partial charge in [0.15, 0.2) is 0 Å². The quantitative estimate of drug-likeness (QED) is 0.882. The van der Waals surface area contributed by atoms with Crippen molar-refractivity contribution < 1.29 is 4.21 Å². The number of rotatable bonds is 2. The van der Waals surface area contributed by atoms with Gasteiger partial charge in [-0.25, -0.2) is 0 Å². The Morgan fingerprint density at radius 1 is 1.56 bits per heavy atom. The standard InChI is InChI=1S/C12H19NOS2/c1-3-10-4-5-12(15-10)11-8-16(14)7-6-9(2)13-11/h4-5,9,11,13H,3,6-8H2,1-2H3. The Morgan fingerprint density at radius 3 is 3.06 bits per heavy atom. The van der Waals surface area contributed by atoms with Crippen LogP contribution in [0.5, 0.6) is 0 Å². The van der Waals surface area contributed by atoms with Gasteiger partial charge in [0.1, 0.15) is 0 Å². The Hall–Kier alpha value is -0.190. The fourth-order valence-corrected chi connectivity index (χ4v) is 4.54. The second-order valence-electron chi connectivity index (χ2n) is 4.38. The summed E-state index contributed by atoms with van der Waals surface area (Å²) in [4.78, 5) is 2.76. The van der Waals surface area contributed by atoms with Gasteiger partial charge in [0.2, 0.25) is 0 Å². The first-order valence-corrected chi connectivity index (χ1v) is 8.19. The molecule has 1 aromatic heterocycles. The van der Waals surface area contributed by atoms with Crippen LogP contribution in [0.4, 0.5) is 0 Å². The first kappa shape index (κ1) is 12.3. The van der Waals surface area contributed by atoms with E-state index in [0.29, 0.717) is 12.1 Å². The van der Waals surface area contributed by atoms with Gasteiger partial charge >= 0.3 is 0 Å². The molecule has 2 rings (SSSR count). The van der Waals surface area contributed by atoms with Crippen LogP contribution < -0.4 is 5.32 Å². The summed E-state index contributed by atoms with van der Waals surface area (Å²) in [6.45, 7) is 4.36. The molecule has 1 aliphatic rings. The molecule has 1 aromatic rings. The van der Waals surface area contributed by atoms with Crippen LogP contribution in [0, 0.1) is 0 Å². The fraction of sp³-hybridized carbons (Fsp3) is 0.667. The summed E-state index contributed by atoms with van der Waals surface area (Å²) in [7, 11) is -0.657. The van der Waals surface area contributed by atoms with Crippen LogP contribution in [-0.4, -0.2) is 21.8 Å². The van der Waals surface area contributed by atoms with Crippen molar-refractivity contribution >= 4 is 22.1 Å². The molecule has 0 radical (unpaired) electrons. The molecule has 3 atom stereocenters. The van der Waals surface area contributed by atoms with Gasteiger partial charge < -0.3 is 5.32 Å². The zero-order valence-corrected chi connectivity index (χ0v) is 11.5. The van der Waals surface area contributed by atoms with E-state index in [1.165, 1.54) is 9.75 Å². The van der Waals surface area contributed by atoms with Gasteiger partial charge in [0.05, 0.1) is 6.04 Å². The largest absolute Gasteiger partial charge is 0.306 e. The van der Waals surface area contributed by atoms with Crippen LogP contribution in [0.25, 0.3) is 0 Å². The minimum absolute atomic E-state index is 0.295. The maximum absolute atomic E-state index is 11.8. The van der Waals surface area contributed by atoms with Gasteiger partial charge in [-0.2, -0.15) is 0 Å². The molecule has 1 saturated heterocycles. The van der Waals surface area contributed by atoms with Crippen LogP contribution in [0.15, 0.2) is 12.1 Å². The van der Waals surface area contributed by atoms with Crippen LogP contribution >= 0.6 is 11.3 Å². The summed E-state index contributed by atoms with van der Waals surface area (Å²) < 4.78 is 11.8. The normalized spacial score (nSPS) is 31.2. The van der Waals surface area contributed by atoms with Crippen molar-refractivity contribution in [2.45, 2.75) is 38.8 Å². The SMILES string of the molecule is CCc1ccc(C2CS(=O)CCC(C)N2)s1. The van der Waals surface area contributed by atoms with E-state index in [0.717, 1.165) is 24.3 Å². The highest BCUT2D eigenvalue weighted by molar-refractivity contribution is 7.85. The van der Waals surface area contributed by atoms with Gasteiger partial charge in [0.25, 0.3) is 0 Å². The highest BCUT2D eigenvalue weighted by atomic mass is 32.2. The summed E-state index contributed by atoms with van der Waals surface area (Å²) in [5.41, 5.74) is 0. The molecule has 2 heterocycles. The molecule has 1 aliphatic heterocycles. The van der Waals surface area contributed by atoms with E-state index in [9.17, 15) is 4.21 Å². The third kappa shape index (κ3) is 2.93. The van der Waals surface area contributed by atoms with Crippen LogP contribution in [0.2, 0.25) is 0 Å². The molecule has 2 nitrogen and oxygen atoms in total. The molecule has 90 valence electrons. The summed E-state index contributed by atoms with van der Waals surface area (Å²) in [5, 5.41) is 3.58. The van der Waals surface area contributed by atoms with E-state index >= 15 is 0 Å². The lowest BCUT2D eigenvalue weighted by Gasteiger charge is -2.17. The molecule has 3 unspecified atom stereocenters. The summed E-state index contributed by atoms with van der Waals surface area (Å²) >= 11 is 1.86. The van der Waals surface area contributed by atoms with Crippen molar-refractivity contribution in [3.63, 3.8) is 0 Å². The first-order valence-electron chi connectivity index (χ1n) is 5.88. The van der Waals surface area contributed by atoms with E-state index in [1.807, 2.05) is 11.3 Å². The second kappa shape index (κ2) is 5.43. The average Bonchev–Trinajstić information content (AvgIpc) is 2.67. The Labute approximate surface area is 104 Å². The molecule has 16 heavy (non-hydrogen) atoms. The van der Waals surface area contributed by atoms with E-state index < -0.39 is 10.8 Å². The average molecular weight is 257 g/mol. The predicted molar refractivity (Wildman–Crippen MR) is 71.5 cm³/mol. The molecular formula is C12H19NOS2. The van der Waals surface area contributed by atoms with Gasteiger partial charge in [-0.15, -0.1) is 11.3 Å². The molecular weight excluding hydrogens is 238 g/mol. The molecule has 1 N–H and O–H groups in total. The highest BCUT2D eigenvalue weighted by Gasteiger charge is 2.22. The van der Waals surface area contributed by atoms with Crippen molar-refractivity contribution in [1.82, 2.24) is 5.32 Å². The summed E-state index contributed by atoms with van der Waals surface area (Å²) in [6, 6.07) is 5.16. The molecule has 0 aromatic carbocycles. The van der Waals surface area contributed by atoms with Crippen LogP contribution in [0.1, 0.15) is 36.1 Å². The topological polar surface area (TPSA) is 29.1 Å². The van der Waals surface area contributed by atoms with E-state index in [4.69, 9.17) is 0 Å². The van der Waals surface area contributed by atoms with Crippen LogP contribution in [0.3, 0.4) is 0 Å². The molecule has 0 saturated carbocycles. The lowest BCUT2D eigenvalue weighted by molar-refractivity contribution is 0.489. The second-order valence-corrected chi connectivity index (χ2v) is 7.20. The number of thiophene rings is 1. The summed E-state index contributed by atoms with van der Waals surface area (Å²) in [6.07, 6.45) is 2.12. The summed E-state index contributed by atoms with van der Waals surface area (Å²) in [5.74, 6) is 1.62. The zero-order chi connectivity index (χ0) is 11.5. The molecule has 1 fully saturated rings. The minimum Gasteiger partial charge on any atom is -0.306 e.